The predicted molar refractivity (Wildman–Crippen MR) is 65.3 cm³/mol. The zero-order valence-electron chi connectivity index (χ0n) is 8.86. The lowest BCUT2D eigenvalue weighted by atomic mass is 10.1. The smallest absolute Gasteiger partial charge is 0.335 e. The summed E-state index contributed by atoms with van der Waals surface area (Å²) >= 11 is 4.04. The number of thiol groups is 1. The second kappa shape index (κ2) is 6.09. The molecule has 0 unspecified atom stereocenters. The third kappa shape index (κ3) is 3.52. The van der Waals surface area contributed by atoms with Crippen molar-refractivity contribution in [1.29, 1.82) is 0 Å². The Balaban J connectivity index is 3.06. The van der Waals surface area contributed by atoms with Crippen LogP contribution >= 0.6 is 12.6 Å². The van der Waals surface area contributed by atoms with Gasteiger partial charge in [0.15, 0.2) is 0 Å². The summed E-state index contributed by atoms with van der Waals surface area (Å²) in [5.74, 6) is 5.96. The van der Waals surface area contributed by atoms with Crippen molar-refractivity contribution in [3.8, 4) is 17.6 Å². The van der Waals surface area contributed by atoms with E-state index < -0.39 is 5.97 Å². The van der Waals surface area contributed by atoms with Gasteiger partial charge in [0.05, 0.1) is 12.7 Å². The van der Waals surface area contributed by atoms with E-state index >= 15 is 0 Å². The lowest BCUT2D eigenvalue weighted by Gasteiger charge is -2.02. The Labute approximate surface area is 99.8 Å². The minimum absolute atomic E-state index is 0.175. The van der Waals surface area contributed by atoms with Crippen molar-refractivity contribution in [3.05, 3.63) is 29.3 Å². The van der Waals surface area contributed by atoms with E-state index in [2.05, 4.69) is 24.5 Å². The van der Waals surface area contributed by atoms with Crippen LogP contribution < -0.4 is 4.74 Å². The van der Waals surface area contributed by atoms with E-state index in [4.69, 9.17) is 9.84 Å². The SMILES string of the molecule is COc1cc(C#CCCS)cc(C(=O)O)c1. The number of hydrogen-bond acceptors (Lipinski definition) is 3. The number of methoxy groups -OCH3 is 1. The van der Waals surface area contributed by atoms with Crippen molar-refractivity contribution >= 4 is 18.6 Å². The maximum atomic E-state index is 10.8. The molecule has 0 bridgehead atoms. The number of rotatable bonds is 3. The van der Waals surface area contributed by atoms with Gasteiger partial charge in [0, 0.05) is 17.7 Å². The lowest BCUT2D eigenvalue weighted by molar-refractivity contribution is 0.0696. The molecule has 0 heterocycles. The molecule has 0 fully saturated rings. The molecule has 16 heavy (non-hydrogen) atoms. The first-order valence-corrected chi connectivity index (χ1v) is 5.32. The molecule has 1 aromatic rings. The van der Waals surface area contributed by atoms with Gasteiger partial charge >= 0.3 is 5.97 Å². The van der Waals surface area contributed by atoms with Crippen LogP contribution in [0.4, 0.5) is 0 Å². The third-order valence-corrected chi connectivity index (χ3v) is 2.08. The van der Waals surface area contributed by atoms with Gasteiger partial charge in [-0.25, -0.2) is 4.79 Å². The van der Waals surface area contributed by atoms with Crippen LogP contribution in [0.2, 0.25) is 0 Å². The van der Waals surface area contributed by atoms with Crippen molar-refractivity contribution < 1.29 is 14.6 Å². The second-order valence-corrected chi connectivity index (χ2v) is 3.48. The monoisotopic (exact) mass is 236 g/mol. The van der Waals surface area contributed by atoms with Gasteiger partial charge in [-0.15, -0.1) is 0 Å². The van der Waals surface area contributed by atoms with Crippen LogP contribution in [0.25, 0.3) is 0 Å². The fourth-order valence-electron chi connectivity index (χ4n) is 1.13. The second-order valence-electron chi connectivity index (χ2n) is 3.03. The average molecular weight is 236 g/mol. The molecule has 4 heteroatoms. The molecule has 0 aromatic heterocycles. The Morgan fingerprint density at radius 3 is 2.81 bits per heavy atom. The first-order chi connectivity index (χ1) is 7.67. The highest BCUT2D eigenvalue weighted by molar-refractivity contribution is 7.80. The summed E-state index contributed by atoms with van der Waals surface area (Å²) in [6, 6.07) is 4.69. The minimum Gasteiger partial charge on any atom is -0.497 e. The quantitative estimate of drug-likeness (QED) is 0.624. The molecule has 1 rings (SSSR count). The molecule has 0 aliphatic heterocycles. The van der Waals surface area contributed by atoms with E-state index in [0.717, 1.165) is 0 Å². The van der Waals surface area contributed by atoms with E-state index in [1.54, 1.807) is 6.07 Å². The van der Waals surface area contributed by atoms with E-state index in [1.807, 2.05) is 0 Å². The van der Waals surface area contributed by atoms with Gasteiger partial charge < -0.3 is 9.84 Å². The summed E-state index contributed by atoms with van der Waals surface area (Å²) < 4.78 is 5.01. The first kappa shape index (κ1) is 12.5. The van der Waals surface area contributed by atoms with Crippen LogP contribution in [0.15, 0.2) is 18.2 Å². The van der Waals surface area contributed by atoms with Gasteiger partial charge in [-0.2, -0.15) is 12.6 Å². The molecule has 1 N–H and O–H groups in total. The summed E-state index contributed by atoms with van der Waals surface area (Å²) in [6.45, 7) is 0. The average Bonchev–Trinajstić information content (AvgIpc) is 2.29. The van der Waals surface area contributed by atoms with E-state index in [0.29, 0.717) is 23.5 Å². The molecule has 0 spiro atoms. The van der Waals surface area contributed by atoms with Gasteiger partial charge in [-0.1, -0.05) is 11.8 Å². The van der Waals surface area contributed by atoms with Gasteiger partial charge in [0.1, 0.15) is 5.75 Å². The van der Waals surface area contributed by atoms with Crippen molar-refractivity contribution in [1.82, 2.24) is 0 Å². The highest BCUT2D eigenvalue weighted by atomic mass is 32.1. The molecule has 0 saturated carbocycles. The standard InChI is InChI=1S/C12H12O3S/c1-15-11-7-9(4-2-3-5-16)6-10(8-11)12(13)14/h6-8,16H,3,5H2,1H3,(H,13,14). The van der Waals surface area contributed by atoms with Crippen molar-refractivity contribution in [2.24, 2.45) is 0 Å². The maximum absolute atomic E-state index is 10.8. The third-order valence-electron chi connectivity index (χ3n) is 1.86. The van der Waals surface area contributed by atoms with Crippen molar-refractivity contribution in [3.63, 3.8) is 0 Å². The van der Waals surface area contributed by atoms with E-state index in [9.17, 15) is 4.79 Å². The number of hydrogen-bond donors (Lipinski definition) is 2. The Bertz CT molecular complexity index is 443. The highest BCUT2D eigenvalue weighted by Crippen LogP contribution is 2.16. The highest BCUT2D eigenvalue weighted by Gasteiger charge is 2.06. The number of benzene rings is 1. The fraction of sp³-hybridized carbons (Fsp3) is 0.250. The van der Waals surface area contributed by atoms with Gasteiger partial charge in [-0.05, 0) is 18.2 Å². The predicted octanol–water partition coefficient (Wildman–Crippen LogP) is 2.06. The largest absolute Gasteiger partial charge is 0.497 e. The molecular formula is C12H12O3S. The Kier molecular flexibility index (Phi) is 4.74. The first-order valence-electron chi connectivity index (χ1n) is 4.69. The Hall–Kier alpha value is -1.60. The summed E-state index contributed by atoms with van der Waals surface area (Å²) in [6.07, 6.45) is 0.669. The number of carbonyl (C=O) groups is 1. The van der Waals surface area contributed by atoms with E-state index in [-0.39, 0.29) is 5.56 Å². The Morgan fingerprint density at radius 2 is 2.25 bits per heavy atom. The van der Waals surface area contributed by atoms with Crippen molar-refractivity contribution in [2.45, 2.75) is 6.42 Å². The normalized spacial score (nSPS) is 9.12. The summed E-state index contributed by atoms with van der Waals surface area (Å²) in [7, 11) is 1.49. The molecule has 0 radical (unpaired) electrons. The van der Waals surface area contributed by atoms with Crippen LogP contribution in [0.1, 0.15) is 22.3 Å². The molecule has 0 atom stereocenters. The summed E-state index contributed by atoms with van der Waals surface area (Å²) in [5.41, 5.74) is 0.813. The van der Waals surface area contributed by atoms with Gasteiger partial charge in [0.2, 0.25) is 0 Å². The molecule has 3 nitrogen and oxygen atoms in total. The topological polar surface area (TPSA) is 46.5 Å². The molecule has 0 amide bonds. The molecule has 0 aliphatic rings. The molecule has 0 saturated heterocycles. The van der Waals surface area contributed by atoms with Crippen molar-refractivity contribution in [2.75, 3.05) is 12.9 Å². The zero-order chi connectivity index (χ0) is 12.0. The number of carboxylic acid groups (broad SMARTS) is 1. The molecular weight excluding hydrogens is 224 g/mol. The number of aromatic carboxylic acids is 1. The van der Waals surface area contributed by atoms with Crippen LogP contribution in [0, 0.1) is 11.8 Å². The maximum Gasteiger partial charge on any atom is 0.335 e. The zero-order valence-corrected chi connectivity index (χ0v) is 9.75. The van der Waals surface area contributed by atoms with Gasteiger partial charge in [0.25, 0.3) is 0 Å². The van der Waals surface area contributed by atoms with Gasteiger partial charge in [-0.3, -0.25) is 0 Å². The number of ether oxygens (including phenoxy) is 1. The van der Waals surface area contributed by atoms with Crippen LogP contribution in [0.3, 0.4) is 0 Å². The van der Waals surface area contributed by atoms with Crippen LogP contribution in [0.5, 0.6) is 5.75 Å². The van der Waals surface area contributed by atoms with Crippen LogP contribution in [-0.2, 0) is 0 Å². The Morgan fingerprint density at radius 1 is 1.50 bits per heavy atom. The minimum atomic E-state index is -0.990. The molecule has 84 valence electrons. The lowest BCUT2D eigenvalue weighted by Crippen LogP contribution is -1.98. The molecule has 1 aromatic carbocycles. The molecule has 0 aliphatic carbocycles. The summed E-state index contributed by atoms with van der Waals surface area (Å²) in [5, 5.41) is 8.88. The van der Waals surface area contributed by atoms with Crippen LogP contribution in [-0.4, -0.2) is 23.9 Å². The summed E-state index contributed by atoms with van der Waals surface area (Å²) in [4.78, 5) is 10.8. The fourth-order valence-corrected chi connectivity index (χ4v) is 1.24. The van der Waals surface area contributed by atoms with E-state index in [1.165, 1.54) is 19.2 Å². The number of carboxylic acids is 1.